The summed E-state index contributed by atoms with van der Waals surface area (Å²) in [6.07, 6.45) is 0. The molecule has 2 aromatic carbocycles. The van der Waals surface area contributed by atoms with E-state index in [4.69, 9.17) is 30.2 Å². The molecule has 3 rings (SSSR count). The number of methoxy groups -OCH3 is 2. The van der Waals surface area contributed by atoms with Crippen LogP contribution in [0.4, 0.5) is 5.69 Å². The maximum atomic E-state index is 12.2. The number of hydrogen-bond donors (Lipinski definition) is 1. The first-order valence-corrected chi connectivity index (χ1v) is 9.79. The van der Waals surface area contributed by atoms with Crippen molar-refractivity contribution in [2.75, 3.05) is 25.3 Å². The van der Waals surface area contributed by atoms with E-state index in [1.807, 2.05) is 0 Å². The predicted molar refractivity (Wildman–Crippen MR) is 109 cm³/mol. The first kappa shape index (κ1) is 20.8. The van der Waals surface area contributed by atoms with Crippen LogP contribution in [0.2, 0.25) is 5.02 Å². The number of amides is 1. The Morgan fingerprint density at radius 2 is 1.86 bits per heavy atom. The number of hydrogen-bond acceptors (Lipinski definition) is 8. The van der Waals surface area contributed by atoms with Gasteiger partial charge in [-0.15, -0.1) is 10.2 Å². The molecule has 1 aromatic heterocycles. The van der Waals surface area contributed by atoms with E-state index in [1.54, 1.807) is 49.6 Å². The van der Waals surface area contributed by atoms with Gasteiger partial charge in [0, 0.05) is 11.1 Å². The zero-order chi connectivity index (χ0) is 20.6. The fourth-order valence-corrected chi connectivity index (χ4v) is 2.95. The molecule has 152 valence electrons. The molecule has 3 aromatic rings. The van der Waals surface area contributed by atoms with Crippen LogP contribution in [0.1, 0.15) is 5.89 Å². The smallest absolute Gasteiger partial charge is 0.277 e. The largest absolute Gasteiger partial charge is 0.497 e. The highest BCUT2D eigenvalue weighted by Gasteiger charge is 2.13. The summed E-state index contributed by atoms with van der Waals surface area (Å²) in [7, 11) is 3.08. The summed E-state index contributed by atoms with van der Waals surface area (Å²) >= 11 is 6.95. The number of rotatable bonds is 9. The molecule has 1 heterocycles. The lowest BCUT2D eigenvalue weighted by atomic mass is 10.2. The van der Waals surface area contributed by atoms with Gasteiger partial charge in [0.2, 0.25) is 5.91 Å². The third kappa shape index (κ3) is 6.03. The van der Waals surface area contributed by atoms with E-state index in [0.717, 1.165) is 11.8 Å². The maximum absolute atomic E-state index is 12.2. The molecular formula is C19H18ClN3O5S. The minimum Gasteiger partial charge on any atom is -0.497 e. The molecular weight excluding hydrogens is 418 g/mol. The lowest BCUT2D eigenvalue weighted by Crippen LogP contribution is -2.14. The van der Waals surface area contributed by atoms with Crippen LogP contribution in [0.5, 0.6) is 17.2 Å². The number of carbonyl (C=O) groups excluding carboxylic acids is 1. The molecule has 0 aliphatic rings. The Morgan fingerprint density at radius 3 is 2.59 bits per heavy atom. The van der Waals surface area contributed by atoms with Crippen LogP contribution in [0, 0.1) is 0 Å². The summed E-state index contributed by atoms with van der Waals surface area (Å²) < 4.78 is 21.4. The highest BCUT2D eigenvalue weighted by molar-refractivity contribution is 7.99. The van der Waals surface area contributed by atoms with Crippen molar-refractivity contribution in [2.24, 2.45) is 0 Å². The molecule has 1 amide bonds. The second-order valence-corrected chi connectivity index (χ2v) is 6.97. The van der Waals surface area contributed by atoms with Crippen LogP contribution in [0.3, 0.4) is 0 Å². The molecule has 0 aliphatic heterocycles. The van der Waals surface area contributed by atoms with Crippen molar-refractivity contribution < 1.29 is 23.4 Å². The molecule has 0 atom stereocenters. The first-order chi connectivity index (χ1) is 14.1. The molecule has 0 spiro atoms. The molecule has 0 unspecified atom stereocenters. The number of anilines is 1. The average molecular weight is 436 g/mol. The predicted octanol–water partition coefficient (Wildman–Crippen LogP) is 4.05. The Bertz CT molecular complexity index is 965. The van der Waals surface area contributed by atoms with Crippen LogP contribution in [-0.4, -0.2) is 36.1 Å². The van der Waals surface area contributed by atoms with E-state index >= 15 is 0 Å². The lowest BCUT2D eigenvalue weighted by molar-refractivity contribution is -0.113. The zero-order valence-corrected chi connectivity index (χ0v) is 17.2. The van der Waals surface area contributed by atoms with Crippen molar-refractivity contribution in [3.05, 3.63) is 53.4 Å². The summed E-state index contributed by atoms with van der Waals surface area (Å²) in [5.41, 5.74) is 0.543. The van der Waals surface area contributed by atoms with Crippen molar-refractivity contribution in [1.82, 2.24) is 10.2 Å². The van der Waals surface area contributed by atoms with E-state index in [1.165, 1.54) is 7.11 Å². The van der Waals surface area contributed by atoms with Crippen molar-refractivity contribution >= 4 is 35.0 Å². The number of benzene rings is 2. The lowest BCUT2D eigenvalue weighted by Gasteiger charge is -2.11. The normalized spacial score (nSPS) is 10.4. The maximum Gasteiger partial charge on any atom is 0.277 e. The summed E-state index contributed by atoms with van der Waals surface area (Å²) in [4.78, 5) is 12.2. The number of ether oxygens (including phenoxy) is 3. The molecule has 0 aliphatic carbocycles. The van der Waals surface area contributed by atoms with Crippen LogP contribution in [0.15, 0.2) is 52.1 Å². The minimum absolute atomic E-state index is 0.0921. The van der Waals surface area contributed by atoms with E-state index < -0.39 is 0 Å². The van der Waals surface area contributed by atoms with E-state index in [9.17, 15) is 4.79 Å². The fraction of sp³-hybridized carbons (Fsp3) is 0.211. The number of halogens is 1. The van der Waals surface area contributed by atoms with Crippen molar-refractivity contribution in [3.8, 4) is 17.2 Å². The third-order valence-corrected chi connectivity index (χ3v) is 4.70. The highest BCUT2D eigenvalue weighted by atomic mass is 35.5. The van der Waals surface area contributed by atoms with E-state index in [0.29, 0.717) is 33.8 Å². The van der Waals surface area contributed by atoms with Crippen LogP contribution in [-0.2, 0) is 11.4 Å². The van der Waals surface area contributed by atoms with Crippen molar-refractivity contribution in [2.45, 2.75) is 11.8 Å². The number of nitrogens with one attached hydrogen (secondary N) is 1. The molecule has 8 nitrogen and oxygen atoms in total. The third-order valence-electron chi connectivity index (χ3n) is 3.63. The number of thioether (sulfide) groups is 1. The molecule has 0 saturated carbocycles. The Morgan fingerprint density at radius 1 is 1.10 bits per heavy atom. The molecule has 0 radical (unpaired) electrons. The van der Waals surface area contributed by atoms with Gasteiger partial charge in [-0.05, 0) is 36.4 Å². The highest BCUT2D eigenvalue weighted by Crippen LogP contribution is 2.29. The van der Waals surface area contributed by atoms with Gasteiger partial charge in [0.25, 0.3) is 11.1 Å². The molecule has 0 bridgehead atoms. The topological polar surface area (TPSA) is 95.7 Å². The second kappa shape index (κ2) is 10.0. The summed E-state index contributed by atoms with van der Waals surface area (Å²) in [5.74, 6) is 1.93. The van der Waals surface area contributed by atoms with Crippen molar-refractivity contribution in [3.63, 3.8) is 0 Å². The van der Waals surface area contributed by atoms with E-state index in [-0.39, 0.29) is 23.5 Å². The van der Waals surface area contributed by atoms with Crippen molar-refractivity contribution in [1.29, 1.82) is 0 Å². The van der Waals surface area contributed by atoms with Gasteiger partial charge in [-0.2, -0.15) is 0 Å². The van der Waals surface area contributed by atoms with Gasteiger partial charge < -0.3 is 23.9 Å². The summed E-state index contributed by atoms with van der Waals surface area (Å²) in [6, 6.07) is 12.1. The molecule has 0 fully saturated rings. The zero-order valence-electron chi connectivity index (χ0n) is 15.7. The van der Waals surface area contributed by atoms with Gasteiger partial charge in [-0.1, -0.05) is 23.4 Å². The van der Waals surface area contributed by atoms with Gasteiger partial charge in [-0.25, -0.2) is 0 Å². The monoisotopic (exact) mass is 435 g/mol. The van der Waals surface area contributed by atoms with Gasteiger partial charge >= 0.3 is 0 Å². The Balaban J connectivity index is 1.49. The van der Waals surface area contributed by atoms with Gasteiger partial charge in [0.1, 0.15) is 17.2 Å². The summed E-state index contributed by atoms with van der Waals surface area (Å²) in [6.45, 7) is 0.116. The van der Waals surface area contributed by atoms with Crippen LogP contribution in [0.25, 0.3) is 0 Å². The standard InChI is InChI=1S/C19H18ClN3O5S/c1-25-14-7-8-15(16(9-14)26-2)21-17(24)11-29-19-23-22-18(28-19)10-27-13-5-3-12(20)4-6-13/h3-9H,10-11H2,1-2H3,(H,21,24). The molecule has 0 saturated heterocycles. The summed E-state index contributed by atoms with van der Waals surface area (Å²) in [5, 5.41) is 11.5. The fourth-order valence-electron chi connectivity index (χ4n) is 2.25. The quantitative estimate of drug-likeness (QED) is 0.503. The Hall–Kier alpha value is -2.91. The molecule has 10 heteroatoms. The minimum atomic E-state index is -0.240. The average Bonchev–Trinajstić information content (AvgIpc) is 3.20. The SMILES string of the molecule is COc1ccc(NC(=O)CSc2nnc(COc3ccc(Cl)cc3)o2)c(OC)c1. The van der Waals surface area contributed by atoms with Crippen LogP contribution >= 0.6 is 23.4 Å². The number of carbonyl (C=O) groups is 1. The Kier molecular flexibility index (Phi) is 7.20. The van der Waals surface area contributed by atoms with Gasteiger partial charge in [0.05, 0.1) is 25.7 Å². The molecule has 29 heavy (non-hydrogen) atoms. The Labute approximate surface area is 176 Å². The number of nitrogens with zero attached hydrogens (tertiary/aromatic N) is 2. The number of aromatic nitrogens is 2. The second-order valence-electron chi connectivity index (χ2n) is 5.61. The van der Waals surface area contributed by atoms with Gasteiger partial charge in [-0.3, -0.25) is 4.79 Å². The molecule has 1 N–H and O–H groups in total. The first-order valence-electron chi connectivity index (χ1n) is 8.43. The van der Waals surface area contributed by atoms with Gasteiger partial charge in [0.15, 0.2) is 6.61 Å². The van der Waals surface area contributed by atoms with Crippen LogP contribution < -0.4 is 19.5 Å². The van der Waals surface area contributed by atoms with E-state index in [2.05, 4.69) is 15.5 Å².